The highest BCUT2D eigenvalue weighted by atomic mass is 35.5. The van der Waals surface area contributed by atoms with Gasteiger partial charge in [-0.05, 0) is 37.3 Å². The van der Waals surface area contributed by atoms with Gasteiger partial charge in [0.1, 0.15) is 5.75 Å². The van der Waals surface area contributed by atoms with Gasteiger partial charge in [-0.25, -0.2) is 9.97 Å². The van der Waals surface area contributed by atoms with Crippen molar-refractivity contribution in [3.8, 4) is 28.4 Å². The van der Waals surface area contributed by atoms with E-state index in [1.54, 1.807) is 30.3 Å². The summed E-state index contributed by atoms with van der Waals surface area (Å²) >= 11 is 6.36. The summed E-state index contributed by atoms with van der Waals surface area (Å²) in [6.07, 6.45) is 1.53. The summed E-state index contributed by atoms with van der Waals surface area (Å²) in [6, 6.07) is 8.53. The summed E-state index contributed by atoms with van der Waals surface area (Å²) in [5.74, 6) is 0.199. The average molecular weight is 358 g/mol. The lowest BCUT2D eigenvalue weighted by Crippen LogP contribution is -2.11. The molecule has 1 aromatic carbocycles. The topological polar surface area (TPSA) is 120 Å². The normalized spacial score (nSPS) is 10.6. The van der Waals surface area contributed by atoms with Crippen LogP contribution in [-0.4, -0.2) is 27.5 Å². The molecule has 0 aliphatic carbocycles. The van der Waals surface area contributed by atoms with E-state index < -0.39 is 5.91 Å². The molecule has 2 aromatic heterocycles. The molecule has 0 aliphatic heterocycles. The van der Waals surface area contributed by atoms with Crippen LogP contribution in [-0.2, 0) is 0 Å². The molecule has 3 aromatic rings. The van der Waals surface area contributed by atoms with Crippen LogP contribution in [0.3, 0.4) is 0 Å². The Bertz CT molecular complexity index is 939. The number of nitrogens with one attached hydrogen (secondary N) is 1. The number of hydrogen-bond donors (Lipinski definition) is 3. The summed E-state index contributed by atoms with van der Waals surface area (Å²) in [6.45, 7) is 2.42. The largest absolute Gasteiger partial charge is 0.494 e. The Labute approximate surface area is 149 Å². The fourth-order valence-corrected chi connectivity index (χ4v) is 2.74. The smallest absolute Gasteiger partial charge is 0.250 e. The zero-order valence-electron chi connectivity index (χ0n) is 13.4. The molecule has 0 fully saturated rings. The van der Waals surface area contributed by atoms with Gasteiger partial charge in [-0.2, -0.15) is 0 Å². The molecule has 0 saturated heterocycles. The van der Waals surface area contributed by atoms with E-state index in [0.29, 0.717) is 45.6 Å². The predicted molar refractivity (Wildman–Crippen MR) is 96.4 cm³/mol. The third kappa shape index (κ3) is 3.41. The van der Waals surface area contributed by atoms with Gasteiger partial charge in [-0.15, -0.1) is 0 Å². The van der Waals surface area contributed by atoms with Crippen LogP contribution in [0.1, 0.15) is 17.3 Å². The number of nitrogens with two attached hydrogens (primary N) is 2. The fourth-order valence-electron chi connectivity index (χ4n) is 2.48. The van der Waals surface area contributed by atoms with Crippen LogP contribution in [0.15, 0.2) is 36.5 Å². The van der Waals surface area contributed by atoms with Gasteiger partial charge >= 0.3 is 0 Å². The van der Waals surface area contributed by atoms with Crippen molar-refractivity contribution in [1.29, 1.82) is 0 Å². The summed E-state index contributed by atoms with van der Waals surface area (Å²) in [5.41, 5.74) is 13.7. The van der Waals surface area contributed by atoms with Gasteiger partial charge < -0.3 is 21.2 Å². The number of nitrogen functional groups attached to an aromatic ring is 1. The van der Waals surface area contributed by atoms with E-state index in [4.69, 9.17) is 27.8 Å². The van der Waals surface area contributed by atoms with Crippen LogP contribution in [0.5, 0.6) is 5.75 Å². The number of hydrogen-bond acceptors (Lipinski definition) is 5. The van der Waals surface area contributed by atoms with E-state index in [2.05, 4.69) is 15.0 Å². The maximum Gasteiger partial charge on any atom is 0.250 e. The second-order valence-corrected chi connectivity index (χ2v) is 5.62. The quantitative estimate of drug-likeness (QED) is 0.648. The van der Waals surface area contributed by atoms with Crippen molar-refractivity contribution >= 4 is 23.5 Å². The van der Waals surface area contributed by atoms with E-state index in [1.165, 1.54) is 6.20 Å². The molecule has 0 unspecified atom stereocenters. The number of H-pyrrole nitrogens is 1. The van der Waals surface area contributed by atoms with Gasteiger partial charge in [0, 0.05) is 11.8 Å². The lowest BCUT2D eigenvalue weighted by molar-refractivity contribution is 0.100. The van der Waals surface area contributed by atoms with Crippen molar-refractivity contribution in [3.05, 3.63) is 47.1 Å². The third-order valence-electron chi connectivity index (χ3n) is 3.55. The monoisotopic (exact) mass is 357 g/mol. The average Bonchev–Trinajstić information content (AvgIpc) is 3.01. The summed E-state index contributed by atoms with van der Waals surface area (Å²) in [4.78, 5) is 23.0. The maximum atomic E-state index is 11.9. The second kappa shape index (κ2) is 6.82. The van der Waals surface area contributed by atoms with Crippen LogP contribution in [0.25, 0.3) is 22.6 Å². The minimum Gasteiger partial charge on any atom is -0.494 e. The van der Waals surface area contributed by atoms with Crippen molar-refractivity contribution in [2.45, 2.75) is 6.92 Å². The number of benzene rings is 1. The molecule has 0 atom stereocenters. The van der Waals surface area contributed by atoms with E-state index in [-0.39, 0.29) is 5.95 Å². The number of ether oxygens (including phenoxy) is 1. The molecule has 128 valence electrons. The van der Waals surface area contributed by atoms with Crippen molar-refractivity contribution in [1.82, 2.24) is 15.0 Å². The molecular weight excluding hydrogens is 342 g/mol. The predicted octanol–water partition coefficient (Wildman–Crippen LogP) is 2.87. The van der Waals surface area contributed by atoms with Crippen molar-refractivity contribution in [3.63, 3.8) is 0 Å². The Kier molecular flexibility index (Phi) is 4.58. The second-order valence-electron chi connectivity index (χ2n) is 5.21. The molecule has 0 bridgehead atoms. The van der Waals surface area contributed by atoms with Gasteiger partial charge in [-0.3, -0.25) is 4.79 Å². The van der Waals surface area contributed by atoms with Crippen LogP contribution >= 0.6 is 11.6 Å². The first-order valence-electron chi connectivity index (χ1n) is 7.54. The highest BCUT2D eigenvalue weighted by molar-refractivity contribution is 6.33. The highest BCUT2D eigenvalue weighted by Gasteiger charge is 2.18. The number of primary amides is 1. The number of anilines is 1. The number of aromatic nitrogens is 3. The van der Waals surface area contributed by atoms with Gasteiger partial charge in [0.25, 0.3) is 5.91 Å². The molecule has 0 spiro atoms. The lowest BCUT2D eigenvalue weighted by Gasteiger charge is -2.08. The minimum absolute atomic E-state index is 0.133. The standard InChI is InChI=1S/C17H16ClN5O2/c1-2-25-9-3-4-10(12(18)7-9)15-11(16(19)24)8-14(22-15)13-5-6-21-17(20)23-13/h3-8,22H,2H2,1H3,(H2,19,24)(H2,20,21,23). The zero-order chi connectivity index (χ0) is 18.0. The van der Waals surface area contributed by atoms with E-state index in [1.807, 2.05) is 6.92 Å². The first-order valence-corrected chi connectivity index (χ1v) is 7.91. The van der Waals surface area contributed by atoms with Gasteiger partial charge in [-0.1, -0.05) is 11.6 Å². The molecule has 25 heavy (non-hydrogen) atoms. The number of amides is 1. The first-order chi connectivity index (χ1) is 12.0. The van der Waals surface area contributed by atoms with E-state index >= 15 is 0 Å². The molecule has 0 saturated carbocycles. The molecule has 8 heteroatoms. The molecule has 3 rings (SSSR count). The number of halogens is 1. The Hall–Kier alpha value is -3.06. The van der Waals surface area contributed by atoms with Crippen LogP contribution < -0.4 is 16.2 Å². The molecule has 0 radical (unpaired) electrons. The Morgan fingerprint density at radius 2 is 2.12 bits per heavy atom. The van der Waals surface area contributed by atoms with E-state index in [9.17, 15) is 4.79 Å². The van der Waals surface area contributed by atoms with Gasteiger partial charge in [0.2, 0.25) is 5.95 Å². The van der Waals surface area contributed by atoms with Gasteiger partial charge in [0.15, 0.2) is 0 Å². The van der Waals surface area contributed by atoms with Crippen molar-refractivity contribution in [2.75, 3.05) is 12.3 Å². The van der Waals surface area contributed by atoms with E-state index in [0.717, 1.165) is 0 Å². The number of carbonyl (C=O) groups is 1. The lowest BCUT2D eigenvalue weighted by atomic mass is 10.1. The SMILES string of the molecule is CCOc1ccc(-c2[nH]c(-c3ccnc(N)n3)cc2C(N)=O)c(Cl)c1. The van der Waals surface area contributed by atoms with Crippen LogP contribution in [0, 0.1) is 0 Å². The molecule has 5 N–H and O–H groups in total. The maximum absolute atomic E-state index is 11.9. The summed E-state index contributed by atoms with van der Waals surface area (Å²) < 4.78 is 5.43. The van der Waals surface area contributed by atoms with Gasteiger partial charge in [0.05, 0.1) is 34.3 Å². The molecule has 2 heterocycles. The Morgan fingerprint density at radius 3 is 2.76 bits per heavy atom. The number of carbonyl (C=O) groups excluding carboxylic acids is 1. The highest BCUT2D eigenvalue weighted by Crippen LogP contribution is 2.34. The Balaban J connectivity index is 2.11. The molecule has 7 nitrogen and oxygen atoms in total. The molecule has 1 amide bonds. The van der Waals surface area contributed by atoms with Crippen molar-refractivity contribution < 1.29 is 9.53 Å². The fraction of sp³-hybridized carbons (Fsp3) is 0.118. The summed E-state index contributed by atoms with van der Waals surface area (Å²) in [5, 5.41) is 0.434. The number of nitrogens with zero attached hydrogens (tertiary/aromatic N) is 2. The number of rotatable bonds is 5. The minimum atomic E-state index is -0.579. The van der Waals surface area contributed by atoms with Crippen molar-refractivity contribution in [2.24, 2.45) is 5.73 Å². The Morgan fingerprint density at radius 1 is 1.32 bits per heavy atom. The first kappa shape index (κ1) is 16.8. The zero-order valence-corrected chi connectivity index (χ0v) is 14.2. The molecular formula is C17H16ClN5O2. The van der Waals surface area contributed by atoms with Crippen LogP contribution in [0.4, 0.5) is 5.95 Å². The van der Waals surface area contributed by atoms with Crippen LogP contribution in [0.2, 0.25) is 5.02 Å². The number of aromatic amines is 1. The third-order valence-corrected chi connectivity index (χ3v) is 3.87. The molecule has 0 aliphatic rings. The summed E-state index contributed by atoms with van der Waals surface area (Å²) in [7, 11) is 0.